The molecule has 1 atom stereocenters. The fraction of sp³-hybridized carbons (Fsp3) is 0.500. The molecular formula is C16H21N3OS2. The summed E-state index contributed by atoms with van der Waals surface area (Å²) in [4.78, 5) is 19.5. The summed E-state index contributed by atoms with van der Waals surface area (Å²) in [6, 6.07) is 7.90. The summed E-state index contributed by atoms with van der Waals surface area (Å²) in [7, 11) is 4.00. The molecule has 4 nitrogen and oxygen atoms in total. The maximum atomic E-state index is 11.9. The molecule has 1 aliphatic rings. The molecule has 1 fully saturated rings. The maximum absolute atomic E-state index is 11.9. The van der Waals surface area contributed by atoms with Crippen LogP contribution in [0.3, 0.4) is 0 Å². The highest BCUT2D eigenvalue weighted by molar-refractivity contribution is 8.77. The standard InChI is InChI=1S/C16H21N3OS2/c20-16(8-4-1-5-12-9-10-21-22-12)17-11-15-18-13-6-2-3-7-14(13)19-15/h2-3,6-7,12H,1,4-5,8-11H2,(H,17,20)(H,18,19)/t12-/m0/s1. The van der Waals surface area contributed by atoms with Crippen LogP contribution in [0.1, 0.15) is 37.9 Å². The molecule has 0 radical (unpaired) electrons. The van der Waals surface area contributed by atoms with Crippen molar-refractivity contribution in [3.05, 3.63) is 30.1 Å². The second kappa shape index (κ2) is 7.92. The Kier molecular flexibility index (Phi) is 5.67. The highest BCUT2D eigenvalue weighted by atomic mass is 33.1. The second-order valence-corrected chi connectivity index (χ2v) is 8.34. The van der Waals surface area contributed by atoms with E-state index in [1.165, 1.54) is 18.6 Å². The summed E-state index contributed by atoms with van der Waals surface area (Å²) in [5, 5.41) is 3.76. The van der Waals surface area contributed by atoms with Crippen LogP contribution >= 0.6 is 21.6 Å². The van der Waals surface area contributed by atoms with Crippen molar-refractivity contribution in [1.82, 2.24) is 15.3 Å². The van der Waals surface area contributed by atoms with Gasteiger partial charge >= 0.3 is 0 Å². The van der Waals surface area contributed by atoms with Gasteiger partial charge in [-0.3, -0.25) is 4.79 Å². The second-order valence-electron chi connectivity index (χ2n) is 5.55. The third-order valence-corrected chi connectivity index (χ3v) is 6.81. The van der Waals surface area contributed by atoms with Crippen LogP contribution in [0.15, 0.2) is 24.3 Å². The first-order chi connectivity index (χ1) is 10.8. The summed E-state index contributed by atoms with van der Waals surface area (Å²) in [6.45, 7) is 0.475. The van der Waals surface area contributed by atoms with Crippen LogP contribution in [0, 0.1) is 0 Å². The third-order valence-electron chi connectivity index (χ3n) is 3.80. The summed E-state index contributed by atoms with van der Waals surface area (Å²) in [5.41, 5.74) is 1.96. The predicted octanol–water partition coefficient (Wildman–Crippen LogP) is 3.89. The minimum absolute atomic E-state index is 0.119. The van der Waals surface area contributed by atoms with Gasteiger partial charge in [0.25, 0.3) is 0 Å². The van der Waals surface area contributed by atoms with E-state index in [1.807, 2.05) is 45.9 Å². The Morgan fingerprint density at radius 2 is 2.27 bits per heavy atom. The molecule has 1 amide bonds. The van der Waals surface area contributed by atoms with E-state index in [9.17, 15) is 4.79 Å². The number of carbonyl (C=O) groups is 1. The van der Waals surface area contributed by atoms with Gasteiger partial charge in [-0.2, -0.15) is 0 Å². The van der Waals surface area contributed by atoms with Gasteiger partial charge in [-0.1, -0.05) is 40.1 Å². The largest absolute Gasteiger partial charge is 0.349 e. The molecule has 0 spiro atoms. The van der Waals surface area contributed by atoms with E-state index in [-0.39, 0.29) is 5.91 Å². The number of para-hydroxylation sites is 2. The number of nitrogens with one attached hydrogen (secondary N) is 2. The lowest BCUT2D eigenvalue weighted by Gasteiger charge is -2.07. The number of benzene rings is 1. The Balaban J connectivity index is 1.35. The minimum Gasteiger partial charge on any atom is -0.349 e. The number of unbranched alkanes of at least 4 members (excludes halogenated alkanes) is 1. The molecule has 118 valence electrons. The first kappa shape index (κ1) is 15.7. The van der Waals surface area contributed by atoms with Crippen molar-refractivity contribution in [3.63, 3.8) is 0 Å². The molecule has 6 heteroatoms. The zero-order valence-corrected chi connectivity index (χ0v) is 14.1. The van der Waals surface area contributed by atoms with Crippen molar-refractivity contribution in [2.45, 2.75) is 43.9 Å². The number of nitrogens with zero attached hydrogens (tertiary/aromatic N) is 1. The minimum atomic E-state index is 0.119. The Labute approximate surface area is 138 Å². The molecule has 0 bridgehead atoms. The summed E-state index contributed by atoms with van der Waals surface area (Å²) < 4.78 is 0. The van der Waals surface area contributed by atoms with E-state index in [1.54, 1.807) is 0 Å². The van der Waals surface area contributed by atoms with Gasteiger partial charge in [-0.25, -0.2) is 4.98 Å². The number of fused-ring (bicyclic) bond motifs is 1. The van der Waals surface area contributed by atoms with E-state index in [0.29, 0.717) is 13.0 Å². The number of hydrogen-bond acceptors (Lipinski definition) is 4. The number of hydrogen-bond donors (Lipinski definition) is 2. The molecule has 0 aliphatic carbocycles. The van der Waals surface area contributed by atoms with Crippen molar-refractivity contribution in [3.8, 4) is 0 Å². The molecule has 0 saturated carbocycles. The van der Waals surface area contributed by atoms with Crippen molar-refractivity contribution in [1.29, 1.82) is 0 Å². The Morgan fingerprint density at radius 1 is 1.36 bits per heavy atom. The lowest BCUT2D eigenvalue weighted by molar-refractivity contribution is -0.121. The van der Waals surface area contributed by atoms with Crippen molar-refractivity contribution >= 4 is 38.5 Å². The van der Waals surface area contributed by atoms with Crippen LogP contribution in [-0.4, -0.2) is 26.9 Å². The van der Waals surface area contributed by atoms with Gasteiger partial charge in [0.15, 0.2) is 0 Å². The van der Waals surface area contributed by atoms with Crippen molar-refractivity contribution < 1.29 is 4.79 Å². The van der Waals surface area contributed by atoms with E-state index < -0.39 is 0 Å². The molecule has 1 aliphatic heterocycles. The van der Waals surface area contributed by atoms with Crippen LogP contribution < -0.4 is 5.32 Å². The number of imidazole rings is 1. The first-order valence-electron chi connectivity index (χ1n) is 7.80. The highest BCUT2D eigenvalue weighted by Crippen LogP contribution is 2.39. The lowest BCUT2D eigenvalue weighted by atomic mass is 10.1. The average Bonchev–Trinajstić information content (AvgIpc) is 3.18. The SMILES string of the molecule is O=C(CCCC[C@H]1CCSS1)NCc1nc2ccccc2[nH]1. The zero-order valence-electron chi connectivity index (χ0n) is 12.5. The Morgan fingerprint density at radius 3 is 3.09 bits per heavy atom. The highest BCUT2D eigenvalue weighted by Gasteiger charge is 2.15. The number of amides is 1. The molecule has 3 rings (SSSR count). The van der Waals surface area contributed by atoms with Gasteiger partial charge < -0.3 is 10.3 Å². The Bertz CT molecular complexity index is 590. The molecule has 1 saturated heterocycles. The van der Waals surface area contributed by atoms with Crippen molar-refractivity contribution in [2.75, 3.05) is 5.75 Å². The molecule has 2 N–H and O–H groups in total. The molecule has 0 unspecified atom stereocenters. The Hall–Kier alpha value is -1.14. The van der Waals surface area contributed by atoms with E-state index >= 15 is 0 Å². The topological polar surface area (TPSA) is 57.8 Å². The van der Waals surface area contributed by atoms with Crippen LogP contribution in [0.5, 0.6) is 0 Å². The first-order valence-corrected chi connectivity index (χ1v) is 10.2. The van der Waals surface area contributed by atoms with Gasteiger partial charge in [-0.15, -0.1) is 0 Å². The fourth-order valence-electron chi connectivity index (χ4n) is 2.58. The van der Waals surface area contributed by atoms with Crippen LogP contribution in [0.25, 0.3) is 11.0 Å². The van der Waals surface area contributed by atoms with Crippen LogP contribution in [0.2, 0.25) is 0 Å². The molecular weight excluding hydrogens is 314 g/mol. The quantitative estimate of drug-likeness (QED) is 0.595. The van der Waals surface area contributed by atoms with E-state index in [4.69, 9.17) is 0 Å². The normalized spacial score (nSPS) is 17.9. The van der Waals surface area contributed by atoms with E-state index in [0.717, 1.165) is 34.9 Å². The number of aromatic amines is 1. The number of H-pyrrole nitrogens is 1. The summed E-state index contributed by atoms with van der Waals surface area (Å²) in [5.74, 6) is 2.22. The molecule has 1 aromatic carbocycles. The monoisotopic (exact) mass is 335 g/mol. The van der Waals surface area contributed by atoms with Crippen molar-refractivity contribution in [2.24, 2.45) is 0 Å². The maximum Gasteiger partial charge on any atom is 0.220 e. The zero-order chi connectivity index (χ0) is 15.2. The van der Waals surface area contributed by atoms with E-state index in [2.05, 4.69) is 15.3 Å². The average molecular weight is 335 g/mol. The van der Waals surface area contributed by atoms with Gasteiger partial charge in [-0.05, 0) is 31.4 Å². The summed E-state index contributed by atoms with van der Waals surface area (Å²) in [6.07, 6.45) is 5.32. The van der Waals surface area contributed by atoms with Gasteiger partial charge in [0.05, 0.1) is 17.6 Å². The fourth-order valence-corrected chi connectivity index (χ4v) is 5.61. The van der Waals surface area contributed by atoms with Crippen LogP contribution in [0.4, 0.5) is 0 Å². The molecule has 1 aromatic heterocycles. The summed E-state index contributed by atoms with van der Waals surface area (Å²) >= 11 is 0. The lowest BCUT2D eigenvalue weighted by Crippen LogP contribution is -2.23. The smallest absolute Gasteiger partial charge is 0.220 e. The predicted molar refractivity (Wildman–Crippen MR) is 94.9 cm³/mol. The van der Waals surface area contributed by atoms with Gasteiger partial charge in [0, 0.05) is 17.4 Å². The number of carbonyl (C=O) groups excluding carboxylic acids is 1. The molecule has 2 heterocycles. The third kappa shape index (κ3) is 4.43. The number of rotatable bonds is 7. The van der Waals surface area contributed by atoms with Crippen LogP contribution in [-0.2, 0) is 11.3 Å². The van der Waals surface area contributed by atoms with Gasteiger partial charge in [0.1, 0.15) is 5.82 Å². The molecule has 22 heavy (non-hydrogen) atoms. The molecule has 2 aromatic rings. The number of aromatic nitrogens is 2. The van der Waals surface area contributed by atoms with Gasteiger partial charge in [0.2, 0.25) is 5.91 Å².